The first-order valence-corrected chi connectivity index (χ1v) is 9.95. The molecule has 182 valence electrons. The molecule has 33 heavy (non-hydrogen) atoms. The predicted octanol–water partition coefficient (Wildman–Crippen LogP) is 3.76. The summed E-state index contributed by atoms with van der Waals surface area (Å²) >= 11 is 0. The van der Waals surface area contributed by atoms with Crippen LogP contribution < -0.4 is 5.73 Å². The molecule has 4 bridgehead atoms. The van der Waals surface area contributed by atoms with Gasteiger partial charge in [0.15, 0.2) is 5.69 Å². The molecule has 3 heterocycles. The van der Waals surface area contributed by atoms with Crippen LogP contribution in [0.1, 0.15) is 55.1 Å². The number of fused-ring (bicyclic) bond motifs is 5. The quantitative estimate of drug-likeness (QED) is 0.627. The molecule has 2 aromatic rings. The van der Waals surface area contributed by atoms with Gasteiger partial charge in [0.2, 0.25) is 5.60 Å². The summed E-state index contributed by atoms with van der Waals surface area (Å²) in [4.78, 5) is 17.9. The summed E-state index contributed by atoms with van der Waals surface area (Å²) in [6.07, 6.45) is -11.3. The fraction of sp³-hybridized carbons (Fsp3) is 0.579. The lowest BCUT2D eigenvalue weighted by atomic mass is 9.95. The van der Waals surface area contributed by atoms with Crippen LogP contribution in [-0.2, 0) is 11.8 Å². The van der Waals surface area contributed by atoms with Crippen molar-refractivity contribution in [2.24, 2.45) is 5.92 Å². The Balaban J connectivity index is 2.25. The molecule has 2 aromatic heterocycles. The fourth-order valence-electron chi connectivity index (χ4n) is 3.48. The monoisotopic (exact) mass is 481 g/mol. The summed E-state index contributed by atoms with van der Waals surface area (Å²) in [5, 5.41) is 17.0. The van der Waals surface area contributed by atoms with E-state index in [9.17, 15) is 36.2 Å². The number of hydrogen-bond acceptors (Lipinski definition) is 7. The van der Waals surface area contributed by atoms with Gasteiger partial charge in [-0.05, 0) is 31.2 Å². The first kappa shape index (κ1) is 24.7. The molecule has 14 heteroatoms. The molecule has 1 aliphatic rings. The van der Waals surface area contributed by atoms with Gasteiger partial charge in [0.1, 0.15) is 5.69 Å². The number of nitrogen functional groups attached to an aromatic ring is 1. The third kappa shape index (κ3) is 4.75. The van der Waals surface area contributed by atoms with Gasteiger partial charge in [0, 0.05) is 13.1 Å². The van der Waals surface area contributed by atoms with Crippen molar-refractivity contribution >= 4 is 11.6 Å². The van der Waals surface area contributed by atoms with E-state index >= 15 is 0 Å². The Bertz CT molecular complexity index is 1040. The molecule has 1 atom stereocenters. The van der Waals surface area contributed by atoms with Crippen molar-refractivity contribution in [1.29, 1.82) is 0 Å². The lowest BCUT2D eigenvalue weighted by Crippen LogP contribution is -2.43. The van der Waals surface area contributed by atoms with E-state index in [4.69, 9.17) is 10.2 Å². The zero-order valence-electron chi connectivity index (χ0n) is 17.6. The number of rotatable bonds is 2. The Hall–Kier alpha value is -2.90. The lowest BCUT2D eigenvalue weighted by Gasteiger charge is -2.28. The summed E-state index contributed by atoms with van der Waals surface area (Å²) in [7, 11) is 0. The van der Waals surface area contributed by atoms with Gasteiger partial charge in [-0.3, -0.25) is 4.79 Å². The zero-order chi connectivity index (χ0) is 24.8. The summed E-state index contributed by atoms with van der Waals surface area (Å²) in [5.74, 6) is -3.18. The highest BCUT2D eigenvalue weighted by atomic mass is 19.4. The van der Waals surface area contributed by atoms with Gasteiger partial charge in [-0.15, -0.1) is 10.2 Å². The molecule has 0 radical (unpaired) electrons. The Morgan fingerprint density at radius 2 is 1.85 bits per heavy atom. The van der Waals surface area contributed by atoms with Crippen molar-refractivity contribution in [3.63, 3.8) is 0 Å². The predicted molar refractivity (Wildman–Crippen MR) is 101 cm³/mol. The number of carbonyl (C=O) groups is 1. The number of nitrogens with zero attached hydrogens (tertiary/aromatic N) is 4. The van der Waals surface area contributed by atoms with E-state index in [2.05, 4.69) is 15.2 Å². The molecular weight excluding hydrogens is 460 g/mol. The van der Waals surface area contributed by atoms with Crippen LogP contribution in [0.5, 0.6) is 0 Å². The average Bonchev–Trinajstić information content (AvgIpc) is 3.17. The van der Waals surface area contributed by atoms with Crippen LogP contribution in [0.3, 0.4) is 0 Å². The van der Waals surface area contributed by atoms with E-state index in [1.165, 1.54) is 0 Å². The molecule has 0 fully saturated rings. The number of carbonyl (C=O) groups excluding carboxylic acids is 1. The van der Waals surface area contributed by atoms with Crippen molar-refractivity contribution in [3.05, 3.63) is 23.2 Å². The Morgan fingerprint density at radius 1 is 1.18 bits per heavy atom. The highest BCUT2D eigenvalue weighted by Crippen LogP contribution is 2.43. The summed E-state index contributed by atoms with van der Waals surface area (Å²) in [6.45, 7) is 3.33. The Kier molecular flexibility index (Phi) is 6.35. The molecule has 8 nitrogen and oxygen atoms in total. The topological polar surface area (TPSA) is 118 Å². The van der Waals surface area contributed by atoms with E-state index in [0.29, 0.717) is 6.07 Å². The van der Waals surface area contributed by atoms with Gasteiger partial charge in [-0.2, -0.15) is 26.3 Å². The smallest absolute Gasteiger partial charge is 0.416 e. The van der Waals surface area contributed by atoms with Crippen LogP contribution in [-0.4, -0.2) is 50.4 Å². The molecule has 0 saturated carbocycles. The molecule has 3 N–H and O–H groups in total. The number of hydrogen-bond donors (Lipinski definition) is 2. The minimum atomic E-state index is -5.19. The second kappa shape index (κ2) is 8.47. The first-order chi connectivity index (χ1) is 15.1. The second-order valence-corrected chi connectivity index (χ2v) is 8.19. The van der Waals surface area contributed by atoms with Crippen LogP contribution >= 0.6 is 0 Å². The molecule has 1 unspecified atom stereocenters. The van der Waals surface area contributed by atoms with Gasteiger partial charge in [-0.25, -0.2) is 4.98 Å². The minimum Gasteiger partial charge on any atom is -0.416 e. The van der Waals surface area contributed by atoms with Gasteiger partial charge >= 0.3 is 12.4 Å². The first-order valence-electron chi connectivity index (χ1n) is 9.95. The molecule has 0 aliphatic carbocycles. The minimum absolute atomic E-state index is 0.0330. The molecule has 1 amide bonds. The van der Waals surface area contributed by atoms with Gasteiger partial charge in [0.25, 0.3) is 17.7 Å². The number of aliphatic hydroxyl groups is 1. The summed E-state index contributed by atoms with van der Waals surface area (Å²) in [6, 6.07) is 0.447. The zero-order valence-corrected chi connectivity index (χ0v) is 17.6. The lowest BCUT2D eigenvalue weighted by molar-refractivity contribution is -0.277. The number of amides is 1. The van der Waals surface area contributed by atoms with Crippen molar-refractivity contribution in [1.82, 2.24) is 20.1 Å². The molecule has 3 rings (SSSR count). The SMILES string of the molecule is CC(C)CN1CCCCC(O)(C(F)(F)F)c2nnc(o2)-c2nc(c(C(F)(F)F)cc2N)C1=O. The average molecular weight is 481 g/mol. The van der Waals surface area contributed by atoms with Gasteiger partial charge in [-0.1, -0.05) is 13.8 Å². The van der Waals surface area contributed by atoms with Gasteiger partial charge < -0.3 is 20.2 Å². The van der Waals surface area contributed by atoms with Crippen LogP contribution in [0.2, 0.25) is 0 Å². The molecule has 1 aliphatic heterocycles. The van der Waals surface area contributed by atoms with E-state index < -0.39 is 64.7 Å². The number of aromatic nitrogens is 3. The summed E-state index contributed by atoms with van der Waals surface area (Å²) < 4.78 is 87.0. The maximum Gasteiger partial charge on any atom is 0.426 e. The standard InChI is InChI=1S/C19H21F6N5O3/c1-9(2)8-30-6-4-3-5-17(32,19(23,24)25)16-29-28-14(33-16)13-11(26)7-10(18(20,21)22)12(27-13)15(30)31/h7,9,32H,3-6,8,26H2,1-2H3. The Labute approximate surface area is 183 Å². The van der Waals surface area contributed by atoms with Crippen molar-refractivity contribution in [2.45, 2.75) is 51.1 Å². The van der Waals surface area contributed by atoms with E-state index in [1.807, 2.05) is 0 Å². The Morgan fingerprint density at radius 3 is 2.42 bits per heavy atom. The maximum atomic E-state index is 13.7. The molecule has 0 spiro atoms. The van der Waals surface area contributed by atoms with E-state index in [-0.39, 0.29) is 31.8 Å². The maximum absolute atomic E-state index is 13.7. The van der Waals surface area contributed by atoms with Crippen molar-refractivity contribution < 1.29 is 40.7 Å². The largest absolute Gasteiger partial charge is 0.426 e. The van der Waals surface area contributed by atoms with Gasteiger partial charge in [0.05, 0.1) is 11.3 Å². The molecule has 0 aromatic carbocycles. The number of anilines is 1. The van der Waals surface area contributed by atoms with Crippen molar-refractivity contribution in [3.8, 4) is 11.6 Å². The normalized spacial score (nSPS) is 20.4. The van der Waals surface area contributed by atoms with Crippen LogP contribution in [0.25, 0.3) is 11.6 Å². The highest BCUT2D eigenvalue weighted by molar-refractivity contribution is 5.95. The molecule has 0 saturated heterocycles. The number of halogens is 6. The van der Waals surface area contributed by atoms with Crippen LogP contribution in [0, 0.1) is 5.92 Å². The number of pyridine rings is 1. The third-order valence-electron chi connectivity index (χ3n) is 5.10. The number of alkyl halides is 6. The third-order valence-corrected chi connectivity index (χ3v) is 5.10. The van der Waals surface area contributed by atoms with E-state index in [0.717, 1.165) is 4.90 Å². The van der Waals surface area contributed by atoms with Crippen LogP contribution in [0.4, 0.5) is 32.0 Å². The highest BCUT2D eigenvalue weighted by Gasteiger charge is 2.58. The van der Waals surface area contributed by atoms with E-state index in [1.54, 1.807) is 13.8 Å². The van der Waals surface area contributed by atoms with Crippen LogP contribution in [0.15, 0.2) is 10.5 Å². The molecular formula is C19H21F6N5O3. The number of nitrogens with two attached hydrogens (primary N) is 1. The second-order valence-electron chi connectivity index (χ2n) is 8.19. The van der Waals surface area contributed by atoms with Crippen molar-refractivity contribution in [2.75, 3.05) is 18.8 Å². The fourth-order valence-corrected chi connectivity index (χ4v) is 3.48. The summed E-state index contributed by atoms with van der Waals surface area (Å²) in [5.41, 5.74) is -1.47.